The van der Waals surface area contributed by atoms with Crippen LogP contribution in [0.25, 0.3) is 0 Å². The average Bonchev–Trinajstić information content (AvgIpc) is 2.74. The lowest BCUT2D eigenvalue weighted by Crippen LogP contribution is -2.38. The summed E-state index contributed by atoms with van der Waals surface area (Å²) in [5, 5.41) is 8.95. The van der Waals surface area contributed by atoms with E-state index >= 15 is 0 Å². The zero-order valence-electron chi connectivity index (χ0n) is 18.4. The highest BCUT2D eigenvalue weighted by Gasteiger charge is 2.29. The number of piperidine rings is 2. The Morgan fingerprint density at radius 2 is 1.44 bits per heavy atom. The Bertz CT molecular complexity index is 530. The largest absolute Gasteiger partial charge is 0.372 e. The van der Waals surface area contributed by atoms with Crippen LogP contribution < -0.4 is 4.90 Å². The number of hydrogen-bond donors (Lipinski definition) is 0. The quantitative estimate of drug-likeness (QED) is 0.627. The molecular formula is C24H41N3. The minimum absolute atomic E-state index is 0.239. The van der Waals surface area contributed by atoms with Gasteiger partial charge in [0.25, 0.3) is 0 Å². The SMILES string of the molecule is CC.CC.CC1(CC#N)CCN(Cc2ccc(N3CCCCC3)cc2)CC1. The molecule has 0 bridgehead atoms. The maximum atomic E-state index is 8.95. The van der Waals surface area contributed by atoms with Crippen molar-refractivity contribution < 1.29 is 0 Å². The molecule has 3 heteroatoms. The van der Waals surface area contributed by atoms with Crippen molar-refractivity contribution in [3.05, 3.63) is 29.8 Å². The van der Waals surface area contributed by atoms with E-state index in [1.54, 1.807) is 0 Å². The second-order valence-corrected chi connectivity index (χ2v) is 7.64. The van der Waals surface area contributed by atoms with Crippen LogP contribution in [-0.4, -0.2) is 31.1 Å². The third-order valence-electron chi connectivity index (χ3n) is 5.63. The number of rotatable bonds is 4. The normalized spacial score (nSPS) is 19.0. The third kappa shape index (κ3) is 7.54. The first-order valence-electron chi connectivity index (χ1n) is 11.1. The molecule has 0 saturated carbocycles. The summed E-state index contributed by atoms with van der Waals surface area (Å²) < 4.78 is 0. The first-order chi connectivity index (χ1) is 13.2. The van der Waals surface area contributed by atoms with Crippen molar-refractivity contribution in [3.8, 4) is 6.07 Å². The molecule has 2 fully saturated rings. The Hall–Kier alpha value is -1.53. The van der Waals surface area contributed by atoms with Crippen molar-refractivity contribution in [2.24, 2.45) is 5.41 Å². The maximum Gasteiger partial charge on any atom is 0.0627 e. The maximum absolute atomic E-state index is 8.95. The molecule has 27 heavy (non-hydrogen) atoms. The minimum Gasteiger partial charge on any atom is -0.372 e. The molecule has 152 valence electrons. The highest BCUT2D eigenvalue weighted by atomic mass is 15.1. The summed E-state index contributed by atoms with van der Waals surface area (Å²) in [5.41, 5.74) is 3.03. The lowest BCUT2D eigenvalue weighted by molar-refractivity contribution is 0.116. The van der Waals surface area contributed by atoms with Gasteiger partial charge < -0.3 is 4.90 Å². The molecule has 0 unspecified atom stereocenters. The van der Waals surface area contributed by atoms with Crippen molar-refractivity contribution in [2.75, 3.05) is 31.1 Å². The summed E-state index contributed by atoms with van der Waals surface area (Å²) in [6.07, 6.45) is 7.03. The molecule has 3 nitrogen and oxygen atoms in total. The Morgan fingerprint density at radius 3 is 1.96 bits per heavy atom. The number of benzene rings is 1. The zero-order valence-corrected chi connectivity index (χ0v) is 18.4. The van der Waals surface area contributed by atoms with E-state index in [1.807, 2.05) is 27.7 Å². The van der Waals surface area contributed by atoms with E-state index in [9.17, 15) is 0 Å². The molecule has 0 N–H and O–H groups in total. The van der Waals surface area contributed by atoms with Crippen LogP contribution in [0.3, 0.4) is 0 Å². The first kappa shape index (κ1) is 23.5. The summed E-state index contributed by atoms with van der Waals surface area (Å²) in [6.45, 7) is 16.0. The Balaban J connectivity index is 0.000000855. The van der Waals surface area contributed by atoms with Gasteiger partial charge in [-0.15, -0.1) is 0 Å². The van der Waals surface area contributed by atoms with Gasteiger partial charge in [0, 0.05) is 31.7 Å². The highest BCUT2D eigenvalue weighted by Crippen LogP contribution is 2.34. The average molecular weight is 372 g/mol. The Kier molecular flexibility index (Phi) is 11.1. The summed E-state index contributed by atoms with van der Waals surface area (Å²) in [7, 11) is 0. The fraction of sp³-hybridized carbons (Fsp3) is 0.708. The van der Waals surface area contributed by atoms with E-state index in [0.717, 1.165) is 32.5 Å². The van der Waals surface area contributed by atoms with Crippen LogP contribution in [0.1, 0.15) is 78.7 Å². The van der Waals surface area contributed by atoms with Crippen molar-refractivity contribution in [2.45, 2.75) is 79.7 Å². The number of nitriles is 1. The molecule has 2 aliphatic rings. The molecule has 3 rings (SSSR count). The molecule has 2 heterocycles. The van der Waals surface area contributed by atoms with Gasteiger partial charge in [-0.2, -0.15) is 5.26 Å². The predicted octanol–water partition coefficient (Wildman–Crippen LogP) is 6.25. The molecular weight excluding hydrogens is 330 g/mol. The highest BCUT2D eigenvalue weighted by molar-refractivity contribution is 5.47. The Labute approximate surface area is 168 Å². The standard InChI is InChI=1S/C20H29N3.2C2H6/c1-20(9-12-21)10-15-22(16-11-20)17-18-5-7-19(8-6-18)23-13-3-2-4-14-23;2*1-2/h5-8H,2-4,9-11,13-17H2,1H3;2*1-2H3. The lowest BCUT2D eigenvalue weighted by atomic mass is 9.78. The first-order valence-corrected chi connectivity index (χ1v) is 11.1. The Morgan fingerprint density at radius 1 is 0.889 bits per heavy atom. The van der Waals surface area contributed by atoms with Crippen molar-refractivity contribution >= 4 is 5.69 Å². The van der Waals surface area contributed by atoms with E-state index in [-0.39, 0.29) is 5.41 Å². The summed E-state index contributed by atoms with van der Waals surface area (Å²) >= 11 is 0. The lowest BCUT2D eigenvalue weighted by Gasteiger charge is -2.38. The van der Waals surface area contributed by atoms with Gasteiger partial charge in [-0.1, -0.05) is 46.8 Å². The molecule has 0 amide bonds. The predicted molar refractivity (Wildman–Crippen MR) is 118 cm³/mol. The molecule has 0 aliphatic carbocycles. The van der Waals surface area contributed by atoms with E-state index in [2.05, 4.69) is 47.1 Å². The molecule has 1 aromatic carbocycles. The van der Waals surface area contributed by atoms with Gasteiger partial charge in [-0.25, -0.2) is 0 Å². The van der Waals surface area contributed by atoms with E-state index in [1.165, 1.54) is 43.6 Å². The van der Waals surface area contributed by atoms with E-state index in [4.69, 9.17) is 5.26 Å². The minimum atomic E-state index is 0.239. The van der Waals surface area contributed by atoms with Crippen molar-refractivity contribution in [3.63, 3.8) is 0 Å². The topological polar surface area (TPSA) is 30.3 Å². The zero-order chi connectivity index (χ0) is 20.1. The van der Waals surface area contributed by atoms with Gasteiger partial charge in [0.1, 0.15) is 0 Å². The summed E-state index contributed by atoms with van der Waals surface area (Å²) in [4.78, 5) is 5.05. The van der Waals surface area contributed by atoms with Gasteiger partial charge >= 0.3 is 0 Å². The van der Waals surface area contributed by atoms with Crippen LogP contribution in [-0.2, 0) is 6.54 Å². The van der Waals surface area contributed by atoms with Crippen LogP contribution in [0.2, 0.25) is 0 Å². The molecule has 2 aliphatic heterocycles. The van der Waals surface area contributed by atoms with Gasteiger partial charge in [0.2, 0.25) is 0 Å². The second-order valence-electron chi connectivity index (χ2n) is 7.64. The fourth-order valence-corrected chi connectivity index (χ4v) is 3.84. The summed E-state index contributed by atoms with van der Waals surface area (Å²) in [6, 6.07) is 11.5. The number of nitrogens with zero attached hydrogens (tertiary/aromatic N) is 3. The van der Waals surface area contributed by atoms with Gasteiger partial charge in [-0.3, -0.25) is 4.90 Å². The van der Waals surface area contributed by atoms with E-state index in [0.29, 0.717) is 6.42 Å². The molecule has 2 saturated heterocycles. The second kappa shape index (κ2) is 12.8. The molecule has 0 aromatic heterocycles. The molecule has 0 spiro atoms. The summed E-state index contributed by atoms with van der Waals surface area (Å²) in [5.74, 6) is 0. The van der Waals surface area contributed by atoms with Crippen LogP contribution >= 0.6 is 0 Å². The van der Waals surface area contributed by atoms with E-state index < -0.39 is 0 Å². The molecule has 1 aromatic rings. The van der Waals surface area contributed by atoms with Gasteiger partial charge in [-0.05, 0) is 68.3 Å². The van der Waals surface area contributed by atoms with Crippen molar-refractivity contribution in [1.29, 1.82) is 5.26 Å². The fourth-order valence-electron chi connectivity index (χ4n) is 3.84. The van der Waals surface area contributed by atoms with Crippen LogP contribution in [0, 0.1) is 16.7 Å². The number of hydrogen-bond acceptors (Lipinski definition) is 3. The van der Waals surface area contributed by atoms with Gasteiger partial charge in [0.05, 0.1) is 6.07 Å². The van der Waals surface area contributed by atoms with Crippen LogP contribution in [0.4, 0.5) is 5.69 Å². The third-order valence-corrected chi connectivity index (χ3v) is 5.63. The number of likely N-dealkylation sites (tertiary alicyclic amines) is 1. The van der Waals surface area contributed by atoms with Gasteiger partial charge in [0.15, 0.2) is 0 Å². The monoisotopic (exact) mass is 371 g/mol. The smallest absolute Gasteiger partial charge is 0.0627 e. The molecule has 0 atom stereocenters. The number of anilines is 1. The molecule has 0 radical (unpaired) electrons. The van der Waals surface area contributed by atoms with Crippen LogP contribution in [0.15, 0.2) is 24.3 Å². The van der Waals surface area contributed by atoms with Crippen molar-refractivity contribution in [1.82, 2.24) is 4.90 Å². The van der Waals surface area contributed by atoms with Crippen LogP contribution in [0.5, 0.6) is 0 Å².